The van der Waals surface area contributed by atoms with Crippen LogP contribution >= 0.6 is 0 Å². The number of Topliss-reactive ketones (excluding diaryl/α,β-unsaturated/α-hetero) is 2. The molecule has 0 saturated heterocycles. The Morgan fingerprint density at radius 1 is 0.615 bits per heavy atom. The zero-order valence-corrected chi connectivity index (χ0v) is 14.7. The van der Waals surface area contributed by atoms with Crippen LogP contribution < -0.4 is 0 Å². The molecule has 0 spiro atoms. The summed E-state index contributed by atoms with van der Waals surface area (Å²) in [5.41, 5.74) is 6.03. The number of hydrogen-bond donors (Lipinski definition) is 0. The Bertz CT molecular complexity index is 1040. The molecule has 0 radical (unpaired) electrons. The molecule has 0 fully saturated rings. The number of aryl methyl sites for hydroxylation is 2. The summed E-state index contributed by atoms with van der Waals surface area (Å²) in [5, 5.41) is 0. The maximum absolute atomic E-state index is 13.1. The van der Waals surface area contributed by atoms with E-state index >= 15 is 0 Å². The molecule has 2 heteroatoms. The second-order valence-electron chi connectivity index (χ2n) is 6.62. The number of allylic oxidation sites excluding steroid dienone is 1. The molecule has 0 atom stereocenters. The summed E-state index contributed by atoms with van der Waals surface area (Å²) < 4.78 is 0. The van der Waals surface area contributed by atoms with Crippen LogP contribution in [0.25, 0.3) is 5.57 Å². The molecule has 0 unspecified atom stereocenters. The first-order chi connectivity index (χ1) is 12.6. The molecule has 0 heterocycles. The van der Waals surface area contributed by atoms with E-state index in [0.29, 0.717) is 16.7 Å². The smallest absolute Gasteiger partial charge is 0.198 e. The maximum Gasteiger partial charge on any atom is 0.198 e. The molecule has 1 aliphatic carbocycles. The average molecular weight is 338 g/mol. The fourth-order valence-electron chi connectivity index (χ4n) is 3.44. The minimum absolute atomic E-state index is 0.192. The van der Waals surface area contributed by atoms with Crippen molar-refractivity contribution in [2.45, 2.75) is 13.8 Å². The fourth-order valence-corrected chi connectivity index (χ4v) is 3.44. The molecule has 0 aliphatic heterocycles. The van der Waals surface area contributed by atoms with Crippen molar-refractivity contribution in [3.63, 3.8) is 0 Å². The van der Waals surface area contributed by atoms with Crippen molar-refractivity contribution in [3.05, 3.63) is 112 Å². The molecule has 0 aromatic heterocycles. The molecule has 126 valence electrons. The van der Waals surface area contributed by atoms with Crippen LogP contribution in [0.1, 0.15) is 43.0 Å². The van der Waals surface area contributed by atoms with E-state index in [2.05, 4.69) is 6.92 Å². The van der Waals surface area contributed by atoms with Crippen molar-refractivity contribution in [1.82, 2.24) is 0 Å². The molecule has 26 heavy (non-hydrogen) atoms. The van der Waals surface area contributed by atoms with Crippen molar-refractivity contribution in [2.24, 2.45) is 0 Å². The van der Waals surface area contributed by atoms with Crippen LogP contribution in [0.2, 0.25) is 0 Å². The van der Waals surface area contributed by atoms with Crippen molar-refractivity contribution in [3.8, 4) is 0 Å². The quantitative estimate of drug-likeness (QED) is 0.476. The predicted octanol–water partition coefficient (Wildman–Crippen LogP) is 5.18. The highest BCUT2D eigenvalue weighted by atomic mass is 16.2. The molecule has 3 aromatic rings. The van der Waals surface area contributed by atoms with Gasteiger partial charge in [0.25, 0.3) is 0 Å². The Morgan fingerprint density at radius 3 is 1.77 bits per heavy atom. The molecule has 0 saturated carbocycles. The molecule has 4 rings (SSSR count). The lowest BCUT2D eigenvalue weighted by Gasteiger charge is -2.13. The second kappa shape index (κ2) is 6.23. The van der Waals surface area contributed by atoms with Crippen LogP contribution in [0, 0.1) is 13.8 Å². The van der Waals surface area contributed by atoms with E-state index in [1.807, 2.05) is 55.5 Å². The van der Waals surface area contributed by atoms with Gasteiger partial charge in [0.05, 0.1) is 5.57 Å². The Morgan fingerprint density at radius 2 is 1.19 bits per heavy atom. The van der Waals surface area contributed by atoms with Crippen molar-refractivity contribution >= 4 is 17.1 Å². The van der Waals surface area contributed by atoms with E-state index in [4.69, 9.17) is 0 Å². The van der Waals surface area contributed by atoms with Crippen molar-refractivity contribution in [2.75, 3.05) is 0 Å². The van der Waals surface area contributed by atoms with Gasteiger partial charge in [-0.3, -0.25) is 9.59 Å². The van der Waals surface area contributed by atoms with Crippen LogP contribution in [0.3, 0.4) is 0 Å². The first kappa shape index (κ1) is 16.2. The zero-order chi connectivity index (χ0) is 18.3. The van der Waals surface area contributed by atoms with Gasteiger partial charge < -0.3 is 0 Å². The Kier molecular flexibility index (Phi) is 3.89. The summed E-state index contributed by atoms with van der Waals surface area (Å²) in [6.07, 6.45) is 0. The van der Waals surface area contributed by atoms with E-state index in [1.54, 1.807) is 24.3 Å². The minimum Gasteiger partial charge on any atom is -0.288 e. The lowest BCUT2D eigenvalue weighted by Crippen LogP contribution is -2.06. The fraction of sp³-hybridized carbons (Fsp3) is 0.0833. The van der Waals surface area contributed by atoms with Gasteiger partial charge in [-0.25, -0.2) is 0 Å². The Labute approximate surface area is 152 Å². The van der Waals surface area contributed by atoms with Gasteiger partial charge in [-0.1, -0.05) is 72.8 Å². The van der Waals surface area contributed by atoms with Gasteiger partial charge in [0.2, 0.25) is 0 Å². The summed E-state index contributed by atoms with van der Waals surface area (Å²) in [7, 11) is 0. The van der Waals surface area contributed by atoms with Gasteiger partial charge in [0.15, 0.2) is 11.6 Å². The number of rotatable bonds is 2. The average Bonchev–Trinajstić information content (AvgIpc) is 2.91. The zero-order valence-electron chi connectivity index (χ0n) is 14.7. The van der Waals surface area contributed by atoms with Crippen LogP contribution in [0.4, 0.5) is 0 Å². The highest BCUT2D eigenvalue weighted by Gasteiger charge is 2.35. The third-order valence-electron chi connectivity index (χ3n) is 4.98. The summed E-state index contributed by atoms with van der Waals surface area (Å²) >= 11 is 0. The Balaban J connectivity index is 2.03. The van der Waals surface area contributed by atoms with Crippen molar-refractivity contribution < 1.29 is 9.59 Å². The standard InChI is InChI=1S/C24H18O2/c1-15-12-13-18(14-16(15)2)21(17-8-4-3-5-9-17)22-23(25)19-10-6-7-11-20(19)24(22)26/h3-14H,1-2H3. The van der Waals surface area contributed by atoms with Crippen LogP contribution in [-0.4, -0.2) is 11.6 Å². The molecule has 2 nitrogen and oxygen atoms in total. The van der Waals surface area contributed by atoms with Crippen LogP contribution in [0.15, 0.2) is 78.4 Å². The second-order valence-corrected chi connectivity index (χ2v) is 6.62. The number of ketones is 2. The van der Waals surface area contributed by atoms with E-state index in [-0.39, 0.29) is 17.1 Å². The molecular weight excluding hydrogens is 320 g/mol. The highest BCUT2D eigenvalue weighted by Crippen LogP contribution is 2.36. The topological polar surface area (TPSA) is 34.1 Å². The SMILES string of the molecule is Cc1ccc(C(=C2C(=O)c3ccccc3C2=O)c2ccccc2)cc1C. The lowest BCUT2D eigenvalue weighted by atomic mass is 9.89. The summed E-state index contributed by atoms with van der Waals surface area (Å²) in [6, 6.07) is 22.8. The first-order valence-electron chi connectivity index (χ1n) is 8.63. The van der Waals surface area contributed by atoms with Gasteiger partial charge in [0, 0.05) is 16.7 Å². The van der Waals surface area contributed by atoms with E-state index in [9.17, 15) is 9.59 Å². The molecule has 3 aromatic carbocycles. The lowest BCUT2D eigenvalue weighted by molar-refractivity contribution is 0.0990. The maximum atomic E-state index is 13.1. The van der Waals surface area contributed by atoms with Gasteiger partial charge in [-0.05, 0) is 36.1 Å². The van der Waals surface area contributed by atoms with E-state index < -0.39 is 0 Å². The van der Waals surface area contributed by atoms with Crippen LogP contribution in [0.5, 0.6) is 0 Å². The summed E-state index contributed by atoms with van der Waals surface area (Å²) in [5.74, 6) is -0.384. The molecule has 1 aliphatic rings. The first-order valence-corrected chi connectivity index (χ1v) is 8.63. The van der Waals surface area contributed by atoms with Crippen molar-refractivity contribution in [1.29, 1.82) is 0 Å². The normalized spacial score (nSPS) is 13.1. The molecular formula is C24H18O2. The highest BCUT2D eigenvalue weighted by molar-refractivity contribution is 6.43. The predicted molar refractivity (Wildman–Crippen MR) is 103 cm³/mol. The third-order valence-corrected chi connectivity index (χ3v) is 4.98. The monoisotopic (exact) mass is 338 g/mol. The summed E-state index contributed by atoms with van der Waals surface area (Å²) in [4.78, 5) is 26.1. The van der Waals surface area contributed by atoms with Crippen LogP contribution in [-0.2, 0) is 0 Å². The number of benzene rings is 3. The molecule has 0 N–H and O–H groups in total. The third kappa shape index (κ3) is 2.51. The summed E-state index contributed by atoms with van der Waals surface area (Å²) in [6.45, 7) is 4.09. The molecule has 0 bridgehead atoms. The van der Waals surface area contributed by atoms with E-state index in [0.717, 1.165) is 16.7 Å². The number of carbonyl (C=O) groups is 2. The van der Waals surface area contributed by atoms with E-state index in [1.165, 1.54) is 5.56 Å². The van der Waals surface area contributed by atoms with Gasteiger partial charge in [0.1, 0.15) is 0 Å². The number of fused-ring (bicyclic) bond motifs is 1. The van der Waals surface area contributed by atoms with Gasteiger partial charge in [-0.2, -0.15) is 0 Å². The minimum atomic E-state index is -0.192. The largest absolute Gasteiger partial charge is 0.288 e. The molecule has 0 amide bonds. The number of hydrogen-bond acceptors (Lipinski definition) is 2. The number of carbonyl (C=O) groups excluding carboxylic acids is 2. The van der Waals surface area contributed by atoms with Gasteiger partial charge >= 0.3 is 0 Å². The Hall–Kier alpha value is -3.26. The van der Waals surface area contributed by atoms with Gasteiger partial charge in [-0.15, -0.1) is 0 Å².